The van der Waals surface area contributed by atoms with Gasteiger partial charge in [0.15, 0.2) is 0 Å². The Hall–Kier alpha value is -5.50. The van der Waals surface area contributed by atoms with Crippen LogP contribution in [0.3, 0.4) is 0 Å². The van der Waals surface area contributed by atoms with Crippen LogP contribution in [0.15, 0.2) is 115 Å². The molecule has 1 aromatic heterocycles. The average molecular weight is 844 g/mol. The predicted octanol–water partition coefficient (Wildman–Crippen LogP) is 10.3. The fourth-order valence-electron chi connectivity index (χ4n) is 7.34. The molecule has 0 saturated heterocycles. The largest absolute Gasteiger partial charge is 4.00 e. The van der Waals surface area contributed by atoms with Crippen molar-refractivity contribution in [3.8, 4) is 17.2 Å². The van der Waals surface area contributed by atoms with Crippen LogP contribution < -0.4 is 24.6 Å². The summed E-state index contributed by atoms with van der Waals surface area (Å²) in [5, 5.41) is 11.0. The van der Waals surface area contributed by atoms with Gasteiger partial charge in [0.2, 0.25) is 0 Å². The summed E-state index contributed by atoms with van der Waals surface area (Å²) in [5.41, 5.74) is 15.7. The maximum absolute atomic E-state index is 8.84. The monoisotopic (exact) mass is 843 g/mol. The van der Waals surface area contributed by atoms with Gasteiger partial charge in [0.05, 0.1) is 11.6 Å². The maximum Gasteiger partial charge on any atom is 4.00 e. The molecule has 0 spiro atoms. The van der Waals surface area contributed by atoms with Crippen molar-refractivity contribution in [2.45, 2.75) is 20.8 Å². The van der Waals surface area contributed by atoms with E-state index in [4.69, 9.17) is 5.26 Å². The molecular formula is C44H36N6Pt. The van der Waals surface area contributed by atoms with E-state index in [1.165, 1.54) is 39.2 Å². The van der Waals surface area contributed by atoms with E-state index >= 15 is 0 Å². The van der Waals surface area contributed by atoms with E-state index in [0.29, 0.717) is 5.56 Å². The summed E-state index contributed by atoms with van der Waals surface area (Å²) in [4.78, 5) is 13.3. The summed E-state index contributed by atoms with van der Waals surface area (Å²) in [6.45, 7) is 10.9. The molecule has 9 rings (SSSR count). The number of aromatic nitrogens is 1. The second-order valence-electron chi connectivity index (χ2n) is 13.1. The molecule has 0 atom stereocenters. The second-order valence-corrected chi connectivity index (χ2v) is 13.1. The van der Waals surface area contributed by atoms with Gasteiger partial charge in [-0.05, 0) is 98.7 Å². The van der Waals surface area contributed by atoms with E-state index in [1.807, 2.05) is 36.4 Å². The first kappa shape index (κ1) is 34.0. The fraction of sp³-hybridized carbons (Fsp3) is 0.114. The number of nitriles is 1. The first-order valence-electron chi connectivity index (χ1n) is 16.7. The van der Waals surface area contributed by atoms with Gasteiger partial charge < -0.3 is 24.6 Å². The van der Waals surface area contributed by atoms with Gasteiger partial charge in [-0.25, -0.2) is 0 Å². The van der Waals surface area contributed by atoms with Gasteiger partial charge >= 0.3 is 21.1 Å². The molecule has 6 nitrogen and oxygen atoms in total. The Balaban J connectivity index is 0.000000212. The zero-order valence-corrected chi connectivity index (χ0v) is 31.4. The topological polar surface area (TPSA) is 50.9 Å². The van der Waals surface area contributed by atoms with E-state index in [2.05, 4.69) is 158 Å². The van der Waals surface area contributed by atoms with E-state index in [1.54, 1.807) is 6.07 Å². The van der Waals surface area contributed by atoms with Crippen molar-refractivity contribution in [2.24, 2.45) is 0 Å². The summed E-state index contributed by atoms with van der Waals surface area (Å²) in [6.07, 6.45) is 0. The number of rotatable bonds is 3. The molecule has 252 valence electrons. The van der Waals surface area contributed by atoms with E-state index in [9.17, 15) is 0 Å². The number of fused-ring (bicyclic) bond motifs is 5. The third-order valence-electron chi connectivity index (χ3n) is 9.51. The Kier molecular flexibility index (Phi) is 9.10. The summed E-state index contributed by atoms with van der Waals surface area (Å²) in [7, 11) is 4.19. The van der Waals surface area contributed by atoms with Gasteiger partial charge in [-0.2, -0.15) is 18.6 Å². The number of nitrogens with zero attached hydrogens (tertiary/aromatic N) is 6. The van der Waals surface area contributed by atoms with Crippen LogP contribution in [0.4, 0.5) is 34.1 Å². The summed E-state index contributed by atoms with van der Waals surface area (Å²) >= 11 is 0. The van der Waals surface area contributed by atoms with Crippen LogP contribution in [0.2, 0.25) is 0 Å². The first-order chi connectivity index (χ1) is 24.3. The van der Waals surface area contributed by atoms with Crippen LogP contribution in [0.5, 0.6) is 0 Å². The zero-order valence-electron chi connectivity index (χ0n) is 29.1. The molecule has 0 fully saturated rings. The van der Waals surface area contributed by atoms with Crippen LogP contribution in [0.1, 0.15) is 22.3 Å². The van der Waals surface area contributed by atoms with Crippen LogP contribution in [0, 0.1) is 51.5 Å². The molecule has 2 aliphatic rings. The Morgan fingerprint density at radius 1 is 0.608 bits per heavy atom. The van der Waals surface area contributed by atoms with E-state index in [0.717, 1.165) is 44.6 Å². The van der Waals surface area contributed by atoms with Gasteiger partial charge in [0.1, 0.15) is 0 Å². The third-order valence-corrected chi connectivity index (χ3v) is 9.51. The number of hydrogen-bond acceptors (Lipinski definition) is 5. The molecule has 6 aromatic carbocycles. The van der Waals surface area contributed by atoms with Crippen molar-refractivity contribution >= 4 is 55.9 Å². The molecule has 7 heteroatoms. The SMILES string of the molecule is Cc1cc(C)c(-c2cc(N3[CH-]N(C)c4ccccc43)[c-]c(N3[CH-]N(C)c4ccccc43)c2)c(C)c1.N#Cc1ccc2[n-]c3ccccc3c2c1.[Pt+4]. The molecule has 0 saturated carbocycles. The smallest absolute Gasteiger partial charge is 0.657 e. The average Bonchev–Trinajstić information content (AvgIpc) is 3.78. The van der Waals surface area contributed by atoms with Crippen LogP contribution in [-0.2, 0) is 21.1 Å². The Morgan fingerprint density at radius 3 is 1.69 bits per heavy atom. The molecule has 7 aromatic rings. The molecular weight excluding hydrogens is 808 g/mol. The standard InChI is InChI=1S/C31H29N4.C13H7N2.Pt/c1-21-14-22(2)31(23(3)15-21)24-16-25(34-19-32(4)27-10-6-8-12-29(27)34)18-26(17-24)35-20-33(5)28-11-7-9-13-30(28)35;14-8-9-5-6-13-11(7-9)10-3-1-2-4-12(10)15-13;/h6-17,19-20H,1-5H3;1-7H;/q-3;-1;+4. The van der Waals surface area contributed by atoms with Gasteiger partial charge in [-0.1, -0.05) is 72.3 Å². The quantitative estimate of drug-likeness (QED) is 0.165. The Labute approximate surface area is 314 Å². The normalized spacial score (nSPS) is 13.1. The molecule has 51 heavy (non-hydrogen) atoms. The maximum atomic E-state index is 8.84. The van der Waals surface area contributed by atoms with Gasteiger partial charge in [0.25, 0.3) is 0 Å². The van der Waals surface area contributed by atoms with Crippen LogP contribution in [0.25, 0.3) is 32.9 Å². The molecule has 0 bridgehead atoms. The van der Waals surface area contributed by atoms with Crippen molar-refractivity contribution in [1.82, 2.24) is 4.98 Å². The minimum absolute atomic E-state index is 0. The van der Waals surface area contributed by atoms with Crippen molar-refractivity contribution in [3.05, 3.63) is 157 Å². The number of hydrogen-bond donors (Lipinski definition) is 0. The fourth-order valence-corrected chi connectivity index (χ4v) is 7.34. The molecule has 0 radical (unpaired) electrons. The molecule has 0 unspecified atom stereocenters. The van der Waals surface area contributed by atoms with Gasteiger partial charge in [-0.15, -0.1) is 46.2 Å². The number of aryl methyl sites for hydroxylation is 3. The first-order valence-corrected chi connectivity index (χ1v) is 16.7. The Bertz CT molecular complexity index is 2360. The second kappa shape index (κ2) is 13.7. The number of para-hydroxylation sites is 5. The zero-order chi connectivity index (χ0) is 34.5. The van der Waals surface area contributed by atoms with Crippen molar-refractivity contribution < 1.29 is 21.1 Å². The Morgan fingerprint density at radius 2 is 1.12 bits per heavy atom. The molecule has 3 heterocycles. The summed E-state index contributed by atoms with van der Waals surface area (Å²) < 4.78 is 0. The van der Waals surface area contributed by atoms with Gasteiger partial charge in [0, 0.05) is 22.7 Å². The van der Waals surface area contributed by atoms with E-state index < -0.39 is 0 Å². The predicted molar refractivity (Wildman–Crippen MR) is 207 cm³/mol. The third kappa shape index (κ3) is 6.13. The van der Waals surface area contributed by atoms with Crippen molar-refractivity contribution in [1.29, 1.82) is 5.26 Å². The van der Waals surface area contributed by atoms with Gasteiger partial charge in [-0.3, -0.25) is 0 Å². The van der Waals surface area contributed by atoms with Crippen molar-refractivity contribution in [3.63, 3.8) is 0 Å². The molecule has 0 amide bonds. The minimum Gasteiger partial charge on any atom is -0.657 e. The molecule has 0 N–H and O–H groups in total. The summed E-state index contributed by atoms with van der Waals surface area (Å²) in [5.74, 6) is 0. The summed E-state index contributed by atoms with van der Waals surface area (Å²) in [6, 6.07) is 45.6. The molecule has 2 aliphatic heterocycles. The van der Waals surface area contributed by atoms with Crippen LogP contribution >= 0.6 is 0 Å². The molecule has 0 aliphatic carbocycles. The van der Waals surface area contributed by atoms with E-state index in [-0.39, 0.29) is 21.1 Å². The van der Waals surface area contributed by atoms with Crippen LogP contribution in [-0.4, -0.2) is 14.1 Å². The number of benzene rings is 6. The number of anilines is 6. The minimum atomic E-state index is 0. The van der Waals surface area contributed by atoms with Crippen molar-refractivity contribution in [2.75, 3.05) is 33.7 Å².